The number of hydrogen-bond acceptors (Lipinski definition) is 5. The summed E-state index contributed by atoms with van der Waals surface area (Å²) in [5.41, 5.74) is 0.0191. The van der Waals surface area contributed by atoms with Gasteiger partial charge >= 0.3 is 12.4 Å². The predicted octanol–water partition coefficient (Wildman–Crippen LogP) is 3.00. The van der Waals surface area contributed by atoms with Gasteiger partial charge < -0.3 is 14.5 Å². The fourth-order valence-corrected chi connectivity index (χ4v) is 4.18. The molecule has 1 aromatic carbocycles. The van der Waals surface area contributed by atoms with Crippen molar-refractivity contribution in [1.82, 2.24) is 15.0 Å². The second kappa shape index (κ2) is 6.40. The molecule has 1 saturated carbocycles. The second-order valence-electron chi connectivity index (χ2n) is 7.07. The number of carbonyl (C=O) groups is 2. The fraction of sp³-hybridized carbons (Fsp3) is 0.444. The van der Waals surface area contributed by atoms with Crippen LogP contribution in [0.15, 0.2) is 28.8 Å². The molecule has 0 spiro atoms. The first-order valence-corrected chi connectivity index (χ1v) is 8.65. The molecule has 2 aromatic rings. The quantitative estimate of drug-likeness (QED) is 0.880. The van der Waals surface area contributed by atoms with Crippen LogP contribution in [0.1, 0.15) is 41.9 Å². The van der Waals surface area contributed by atoms with Crippen LogP contribution >= 0.6 is 0 Å². The molecule has 2 atom stereocenters. The Labute approximate surface area is 153 Å². The van der Waals surface area contributed by atoms with Crippen LogP contribution in [0.5, 0.6) is 0 Å². The van der Waals surface area contributed by atoms with Crippen molar-refractivity contribution in [2.45, 2.75) is 25.7 Å². The third-order valence-electron chi connectivity index (χ3n) is 5.60. The molecule has 2 heterocycles. The Balaban J connectivity index is 1.51. The maximum absolute atomic E-state index is 12.8. The number of halogens is 2. The number of amides is 1. The van der Waals surface area contributed by atoms with Gasteiger partial charge in [0, 0.05) is 24.2 Å². The Morgan fingerprint density at radius 3 is 2.63 bits per heavy atom. The number of aliphatic carboxylic acids is 1. The summed E-state index contributed by atoms with van der Waals surface area (Å²) in [7, 11) is 0. The number of benzene rings is 1. The van der Waals surface area contributed by atoms with Gasteiger partial charge in [-0.25, -0.2) is 0 Å². The number of carboxylic acid groups (broad SMARTS) is 1. The third-order valence-corrected chi connectivity index (χ3v) is 5.60. The summed E-state index contributed by atoms with van der Waals surface area (Å²) >= 11 is 0. The highest BCUT2D eigenvalue weighted by Crippen LogP contribution is 2.49. The van der Waals surface area contributed by atoms with Crippen LogP contribution < -0.4 is 0 Å². The van der Waals surface area contributed by atoms with Crippen molar-refractivity contribution in [3.8, 4) is 11.4 Å². The van der Waals surface area contributed by atoms with E-state index in [-0.39, 0.29) is 24.2 Å². The van der Waals surface area contributed by atoms with E-state index in [2.05, 4.69) is 14.7 Å². The number of hydrogen-bond donors (Lipinski definition) is 1. The number of likely N-dealkylation sites (tertiary alicyclic amines) is 1. The summed E-state index contributed by atoms with van der Waals surface area (Å²) in [6.45, 7) is 0.658. The topological polar surface area (TPSA) is 96.5 Å². The molecule has 0 unspecified atom stereocenters. The van der Waals surface area contributed by atoms with E-state index < -0.39 is 23.7 Å². The molecule has 1 aromatic heterocycles. The molecular formula is C18H17F2N3O4. The van der Waals surface area contributed by atoms with Gasteiger partial charge in [-0.3, -0.25) is 9.59 Å². The lowest BCUT2D eigenvalue weighted by Crippen LogP contribution is -2.37. The summed E-state index contributed by atoms with van der Waals surface area (Å²) in [6, 6.07) is 6.21. The van der Waals surface area contributed by atoms with Crippen LogP contribution in [0.3, 0.4) is 0 Å². The normalized spacial score (nSPS) is 24.4. The van der Waals surface area contributed by atoms with E-state index >= 15 is 0 Å². The molecule has 142 valence electrons. The van der Waals surface area contributed by atoms with Crippen molar-refractivity contribution in [3.63, 3.8) is 0 Å². The molecule has 1 N–H and O–H groups in total. The molecule has 0 bridgehead atoms. The van der Waals surface area contributed by atoms with Crippen LogP contribution in [0, 0.1) is 11.3 Å². The minimum absolute atomic E-state index is 0.00896. The van der Waals surface area contributed by atoms with E-state index in [1.54, 1.807) is 29.2 Å². The highest BCUT2D eigenvalue weighted by molar-refractivity contribution is 5.95. The van der Waals surface area contributed by atoms with Crippen LogP contribution in [0.4, 0.5) is 8.78 Å². The Bertz CT molecular complexity index is 883. The lowest BCUT2D eigenvalue weighted by atomic mass is 9.81. The second-order valence-corrected chi connectivity index (χ2v) is 7.07. The Morgan fingerprint density at radius 1 is 1.30 bits per heavy atom. The Kier molecular flexibility index (Phi) is 4.16. The number of aromatic nitrogens is 2. The fourth-order valence-electron chi connectivity index (χ4n) is 4.18. The molecule has 1 aliphatic carbocycles. The number of nitrogens with zero attached hydrogens (tertiary/aromatic N) is 3. The maximum atomic E-state index is 12.8. The molecule has 1 aliphatic heterocycles. The van der Waals surface area contributed by atoms with Gasteiger partial charge in [0.15, 0.2) is 0 Å². The molecule has 4 rings (SSSR count). The van der Waals surface area contributed by atoms with E-state index in [0.717, 1.165) is 12.8 Å². The zero-order valence-electron chi connectivity index (χ0n) is 14.3. The van der Waals surface area contributed by atoms with Crippen LogP contribution in [-0.4, -0.2) is 45.1 Å². The van der Waals surface area contributed by atoms with Crippen molar-refractivity contribution in [2.24, 2.45) is 11.3 Å². The number of carboxylic acids is 1. The van der Waals surface area contributed by atoms with Gasteiger partial charge in [0.1, 0.15) is 0 Å². The summed E-state index contributed by atoms with van der Waals surface area (Å²) < 4.78 is 29.5. The van der Waals surface area contributed by atoms with Crippen LogP contribution in [0.25, 0.3) is 11.4 Å². The largest absolute Gasteiger partial charge is 0.481 e. The average Bonchev–Trinajstić information content (AvgIpc) is 3.35. The van der Waals surface area contributed by atoms with Gasteiger partial charge in [0.25, 0.3) is 11.8 Å². The standard InChI is InChI=1S/C18H17F2N3O4/c19-13(20)15-21-14(22-27-15)10-3-5-11(6-4-10)16(24)23-8-12-2-1-7-18(12,9-23)17(25)26/h3-6,12-13H,1-2,7-9H2,(H,25,26)/t12-,18+/m0/s1. The van der Waals surface area contributed by atoms with E-state index in [4.69, 9.17) is 0 Å². The van der Waals surface area contributed by atoms with Crippen molar-refractivity contribution >= 4 is 11.9 Å². The van der Waals surface area contributed by atoms with Gasteiger partial charge in [0.05, 0.1) is 5.41 Å². The summed E-state index contributed by atoms with van der Waals surface area (Å²) in [6.07, 6.45) is -0.554. The zero-order chi connectivity index (χ0) is 19.2. The molecule has 9 heteroatoms. The molecule has 2 fully saturated rings. The van der Waals surface area contributed by atoms with Gasteiger partial charge in [-0.15, -0.1) is 0 Å². The van der Waals surface area contributed by atoms with Crippen molar-refractivity contribution in [3.05, 3.63) is 35.7 Å². The van der Waals surface area contributed by atoms with Crippen LogP contribution in [-0.2, 0) is 4.79 Å². The van der Waals surface area contributed by atoms with Crippen molar-refractivity contribution < 1.29 is 28.0 Å². The average molecular weight is 377 g/mol. The first-order chi connectivity index (χ1) is 12.9. The summed E-state index contributed by atoms with van der Waals surface area (Å²) in [4.78, 5) is 29.7. The van der Waals surface area contributed by atoms with E-state index in [0.29, 0.717) is 24.1 Å². The number of rotatable bonds is 4. The monoisotopic (exact) mass is 377 g/mol. The van der Waals surface area contributed by atoms with Gasteiger partial charge in [-0.2, -0.15) is 13.8 Å². The maximum Gasteiger partial charge on any atom is 0.315 e. The van der Waals surface area contributed by atoms with E-state index in [9.17, 15) is 23.5 Å². The van der Waals surface area contributed by atoms with Gasteiger partial charge in [-0.05, 0) is 30.9 Å². The van der Waals surface area contributed by atoms with E-state index in [1.165, 1.54) is 0 Å². The highest BCUT2D eigenvalue weighted by atomic mass is 19.3. The minimum atomic E-state index is -2.84. The lowest BCUT2D eigenvalue weighted by Gasteiger charge is -2.23. The molecule has 7 nitrogen and oxygen atoms in total. The molecule has 27 heavy (non-hydrogen) atoms. The van der Waals surface area contributed by atoms with Gasteiger partial charge in [-0.1, -0.05) is 23.7 Å². The summed E-state index contributed by atoms with van der Waals surface area (Å²) in [5.74, 6) is -1.82. The third kappa shape index (κ3) is 2.87. The number of alkyl halides is 2. The molecular weight excluding hydrogens is 360 g/mol. The van der Waals surface area contributed by atoms with Crippen LogP contribution in [0.2, 0.25) is 0 Å². The van der Waals surface area contributed by atoms with Gasteiger partial charge in [0.2, 0.25) is 5.82 Å². The first-order valence-electron chi connectivity index (χ1n) is 8.65. The first kappa shape index (κ1) is 17.6. The van der Waals surface area contributed by atoms with Crippen molar-refractivity contribution in [1.29, 1.82) is 0 Å². The molecule has 0 radical (unpaired) electrons. The molecule has 2 aliphatic rings. The molecule has 1 saturated heterocycles. The van der Waals surface area contributed by atoms with E-state index in [1.807, 2.05) is 0 Å². The SMILES string of the molecule is O=C(c1ccc(-c2noc(C(F)F)n2)cc1)N1C[C@@H]2CCC[C@@]2(C(=O)O)C1. The smallest absolute Gasteiger partial charge is 0.315 e. The zero-order valence-corrected chi connectivity index (χ0v) is 14.3. The summed E-state index contributed by atoms with van der Waals surface area (Å²) in [5, 5.41) is 13.1. The lowest BCUT2D eigenvalue weighted by molar-refractivity contribution is -0.149. The highest BCUT2D eigenvalue weighted by Gasteiger charge is 2.55. The van der Waals surface area contributed by atoms with Crippen molar-refractivity contribution in [2.75, 3.05) is 13.1 Å². The minimum Gasteiger partial charge on any atom is -0.481 e. The number of fused-ring (bicyclic) bond motifs is 1. The Morgan fingerprint density at radius 2 is 2.04 bits per heavy atom. The predicted molar refractivity (Wildman–Crippen MR) is 88.0 cm³/mol. The number of carbonyl (C=O) groups excluding carboxylic acids is 1. The Hall–Kier alpha value is -2.84. The molecule has 1 amide bonds.